The van der Waals surface area contributed by atoms with Gasteiger partial charge in [-0.2, -0.15) is 0 Å². The van der Waals surface area contributed by atoms with Crippen molar-refractivity contribution in [2.24, 2.45) is 53.3 Å². The van der Waals surface area contributed by atoms with Crippen LogP contribution in [0.4, 0.5) is 0 Å². The Kier molecular flexibility index (Phi) is 21.0. The maximum absolute atomic E-state index is 2.31. The molecule has 0 heterocycles. The molecule has 3 aromatic rings. The third kappa shape index (κ3) is 16.9. The molecular formula is C43H70. The Morgan fingerprint density at radius 1 is 0.256 bits per heavy atom. The van der Waals surface area contributed by atoms with Gasteiger partial charge >= 0.3 is 0 Å². The summed E-state index contributed by atoms with van der Waals surface area (Å²) in [5, 5.41) is 0. The van der Waals surface area contributed by atoms with Crippen molar-refractivity contribution in [3.05, 3.63) is 108 Å². The van der Waals surface area contributed by atoms with Gasteiger partial charge in [0.25, 0.3) is 0 Å². The molecule has 0 aliphatic rings. The lowest BCUT2D eigenvalue weighted by molar-refractivity contribution is 0.316. The molecule has 0 N–H and O–H groups in total. The number of hydrogen-bond donors (Lipinski definition) is 0. The highest BCUT2D eigenvalue weighted by atomic mass is 14.2. The van der Waals surface area contributed by atoms with Crippen LogP contribution < -0.4 is 0 Å². The molecule has 0 nitrogen and oxygen atoms in total. The van der Waals surface area contributed by atoms with Crippen LogP contribution in [-0.4, -0.2) is 0 Å². The zero-order chi connectivity index (χ0) is 33.1. The first-order valence-electron chi connectivity index (χ1n) is 17.3. The zero-order valence-corrected chi connectivity index (χ0v) is 30.9. The monoisotopic (exact) mass is 587 g/mol. The van der Waals surface area contributed by atoms with E-state index in [-0.39, 0.29) is 0 Å². The highest BCUT2D eigenvalue weighted by Crippen LogP contribution is 2.31. The zero-order valence-electron chi connectivity index (χ0n) is 30.9. The minimum absolute atomic E-state index is 0.309. The molecule has 0 aliphatic heterocycles. The molecule has 0 unspecified atom stereocenters. The molecule has 0 heteroatoms. The Morgan fingerprint density at radius 3 is 0.535 bits per heavy atom. The van der Waals surface area contributed by atoms with Crippen LogP contribution >= 0.6 is 0 Å². The first-order chi connectivity index (χ1) is 20.1. The summed E-state index contributed by atoms with van der Waals surface area (Å²) in [5.41, 5.74) is 4.00. The van der Waals surface area contributed by atoms with E-state index in [4.69, 9.17) is 0 Å². The summed E-state index contributed by atoms with van der Waals surface area (Å²) < 4.78 is 0. The fourth-order valence-electron chi connectivity index (χ4n) is 4.82. The number of hydrogen-bond acceptors (Lipinski definition) is 0. The second kappa shape index (κ2) is 22.2. The van der Waals surface area contributed by atoms with E-state index >= 15 is 0 Å². The van der Waals surface area contributed by atoms with Crippen molar-refractivity contribution < 1.29 is 0 Å². The molecule has 3 aromatic carbocycles. The van der Waals surface area contributed by atoms with Crippen molar-refractivity contribution in [3.63, 3.8) is 0 Å². The van der Waals surface area contributed by atoms with Gasteiger partial charge in [0.15, 0.2) is 0 Å². The van der Waals surface area contributed by atoms with E-state index in [1.54, 1.807) is 0 Å². The van der Waals surface area contributed by atoms with Crippen LogP contribution in [0.3, 0.4) is 0 Å². The first kappa shape index (κ1) is 40.7. The molecule has 0 saturated heterocycles. The van der Waals surface area contributed by atoms with Crippen molar-refractivity contribution in [1.29, 1.82) is 0 Å². The Morgan fingerprint density at radius 2 is 0.419 bits per heavy atom. The van der Waals surface area contributed by atoms with Gasteiger partial charge in [-0.3, -0.25) is 0 Å². The van der Waals surface area contributed by atoms with E-state index in [0.717, 1.165) is 53.3 Å². The lowest BCUT2D eigenvalue weighted by Crippen LogP contribution is -2.10. The summed E-state index contributed by atoms with van der Waals surface area (Å²) in [6, 6.07) is 32.0. The van der Waals surface area contributed by atoms with Crippen molar-refractivity contribution in [3.8, 4) is 0 Å². The van der Waals surface area contributed by atoms with Gasteiger partial charge in [0.1, 0.15) is 0 Å². The summed E-state index contributed by atoms with van der Waals surface area (Å²) in [6.07, 6.45) is 0. The molecule has 242 valence electrons. The van der Waals surface area contributed by atoms with Crippen LogP contribution in [0.15, 0.2) is 91.0 Å². The SMILES string of the molecule is CC(C)C(C)C(C)C.CC(C)C(C)C(C)C.CC(C)C(C)C(C)C.c1ccc(C(c2ccccc2)c2ccccc2)cc1. The minimum Gasteiger partial charge on any atom is -0.0625 e. The Bertz CT molecular complexity index is 851. The highest BCUT2D eigenvalue weighted by Gasteiger charge is 2.15. The predicted molar refractivity (Wildman–Crippen MR) is 197 cm³/mol. The van der Waals surface area contributed by atoms with E-state index in [0.29, 0.717) is 5.92 Å². The molecule has 0 spiro atoms. The molecule has 0 amide bonds. The van der Waals surface area contributed by atoms with E-state index < -0.39 is 0 Å². The van der Waals surface area contributed by atoms with Crippen LogP contribution in [-0.2, 0) is 0 Å². The van der Waals surface area contributed by atoms with Gasteiger partial charge in [-0.1, -0.05) is 195 Å². The molecular weight excluding hydrogens is 516 g/mol. The maximum Gasteiger partial charge on any atom is 0.0339 e. The molecule has 0 radical (unpaired) electrons. The summed E-state index contributed by atoms with van der Waals surface area (Å²) in [7, 11) is 0. The molecule has 0 saturated carbocycles. The van der Waals surface area contributed by atoms with Crippen molar-refractivity contribution in [1.82, 2.24) is 0 Å². The van der Waals surface area contributed by atoms with Crippen molar-refractivity contribution in [2.45, 2.75) is 110 Å². The molecule has 43 heavy (non-hydrogen) atoms. The molecule has 0 fully saturated rings. The van der Waals surface area contributed by atoms with Gasteiger partial charge in [-0.05, 0) is 70.0 Å². The van der Waals surface area contributed by atoms with E-state index in [1.165, 1.54) is 16.7 Å². The Hall–Kier alpha value is -2.34. The maximum atomic E-state index is 2.31. The second-order valence-corrected chi connectivity index (χ2v) is 14.7. The van der Waals surface area contributed by atoms with Gasteiger partial charge in [0, 0.05) is 5.92 Å². The summed E-state index contributed by atoms with van der Waals surface area (Å²) in [6.45, 7) is 34.3. The van der Waals surface area contributed by atoms with Crippen LogP contribution in [0.25, 0.3) is 0 Å². The average molecular weight is 587 g/mol. The highest BCUT2D eigenvalue weighted by molar-refractivity contribution is 5.42. The summed E-state index contributed by atoms with van der Waals surface area (Å²) in [4.78, 5) is 0. The lowest BCUT2D eigenvalue weighted by atomic mass is 9.85. The smallest absolute Gasteiger partial charge is 0.0339 e. The quantitative estimate of drug-likeness (QED) is 0.219. The molecule has 0 bridgehead atoms. The Balaban J connectivity index is 0.000000619. The van der Waals surface area contributed by atoms with Crippen LogP contribution in [0.2, 0.25) is 0 Å². The molecule has 0 aromatic heterocycles. The van der Waals surface area contributed by atoms with E-state index in [9.17, 15) is 0 Å². The van der Waals surface area contributed by atoms with Crippen molar-refractivity contribution in [2.75, 3.05) is 0 Å². The molecule has 0 aliphatic carbocycles. The fraction of sp³-hybridized carbons (Fsp3) is 0.581. The second-order valence-electron chi connectivity index (χ2n) is 14.7. The fourth-order valence-corrected chi connectivity index (χ4v) is 4.82. The van der Waals surface area contributed by atoms with Gasteiger partial charge in [-0.15, -0.1) is 0 Å². The summed E-state index contributed by atoms with van der Waals surface area (Å²) in [5.74, 6) is 7.98. The largest absolute Gasteiger partial charge is 0.0625 e. The third-order valence-electron chi connectivity index (χ3n) is 9.71. The molecule has 0 atom stereocenters. The van der Waals surface area contributed by atoms with Crippen LogP contribution in [0, 0.1) is 53.3 Å². The minimum atomic E-state index is 0.309. The first-order valence-corrected chi connectivity index (χ1v) is 17.3. The van der Waals surface area contributed by atoms with Crippen molar-refractivity contribution >= 4 is 0 Å². The average Bonchev–Trinajstić information content (AvgIpc) is 2.98. The van der Waals surface area contributed by atoms with Gasteiger partial charge in [0.2, 0.25) is 0 Å². The topological polar surface area (TPSA) is 0 Å². The lowest BCUT2D eigenvalue weighted by Gasteiger charge is -2.18. The number of rotatable bonds is 9. The third-order valence-corrected chi connectivity index (χ3v) is 9.71. The van der Waals surface area contributed by atoms with Crippen LogP contribution in [0.1, 0.15) is 126 Å². The number of benzene rings is 3. The standard InChI is InChI=1S/C19H16.3C8H18/c1-4-10-16(11-5-1)19(17-12-6-2-7-13-17)18-14-8-3-9-15-18;3*1-6(2)8(5)7(3)4/h1-15,19H;3*6-8H,1-5H3. The van der Waals surface area contributed by atoms with E-state index in [1.807, 2.05) is 0 Å². The van der Waals surface area contributed by atoms with Gasteiger partial charge < -0.3 is 0 Å². The van der Waals surface area contributed by atoms with Gasteiger partial charge in [0.05, 0.1) is 0 Å². The predicted octanol–water partition coefficient (Wildman–Crippen LogP) is 13.7. The van der Waals surface area contributed by atoms with Gasteiger partial charge in [-0.25, -0.2) is 0 Å². The normalized spacial score (nSPS) is 11.4. The van der Waals surface area contributed by atoms with E-state index in [2.05, 4.69) is 195 Å². The summed E-state index contributed by atoms with van der Waals surface area (Å²) >= 11 is 0. The van der Waals surface area contributed by atoms with Crippen LogP contribution in [0.5, 0.6) is 0 Å². The Labute approximate surface area is 270 Å². The molecule has 3 rings (SSSR count).